The third-order valence-corrected chi connectivity index (χ3v) is 2.51. The fourth-order valence-electron chi connectivity index (χ4n) is 1.85. The van der Waals surface area contributed by atoms with Gasteiger partial charge in [0.25, 0.3) is 0 Å². The van der Waals surface area contributed by atoms with Crippen LogP contribution in [0.2, 0.25) is 0 Å². The lowest BCUT2D eigenvalue weighted by molar-refractivity contribution is 0.0699. The van der Waals surface area contributed by atoms with Crippen LogP contribution < -0.4 is 0 Å². The molecule has 15 heavy (non-hydrogen) atoms. The van der Waals surface area contributed by atoms with Crippen molar-refractivity contribution in [2.45, 2.75) is 19.9 Å². The first-order valence-corrected chi connectivity index (χ1v) is 5.05. The van der Waals surface area contributed by atoms with Crippen molar-refractivity contribution in [1.82, 2.24) is 4.57 Å². The van der Waals surface area contributed by atoms with Crippen molar-refractivity contribution in [2.75, 3.05) is 0 Å². The lowest BCUT2D eigenvalue weighted by atomic mass is 10.1. The summed E-state index contributed by atoms with van der Waals surface area (Å²) in [5.41, 5.74) is 1.37. The molecule has 0 saturated heterocycles. The van der Waals surface area contributed by atoms with Crippen LogP contribution in [0.3, 0.4) is 0 Å². The van der Waals surface area contributed by atoms with Gasteiger partial charge in [0.1, 0.15) is 0 Å². The second-order valence-electron chi connectivity index (χ2n) is 3.55. The zero-order valence-corrected chi connectivity index (χ0v) is 8.60. The molecule has 2 rings (SSSR count). The summed E-state index contributed by atoms with van der Waals surface area (Å²) in [5.74, 6) is -0.866. The number of aryl methyl sites for hydroxylation is 1. The van der Waals surface area contributed by atoms with Crippen LogP contribution in [0.5, 0.6) is 0 Å². The van der Waals surface area contributed by atoms with E-state index < -0.39 is 5.97 Å². The average molecular weight is 203 g/mol. The Hall–Kier alpha value is -1.77. The van der Waals surface area contributed by atoms with Gasteiger partial charge < -0.3 is 9.67 Å². The van der Waals surface area contributed by atoms with Crippen molar-refractivity contribution in [1.29, 1.82) is 0 Å². The van der Waals surface area contributed by atoms with Crippen molar-refractivity contribution in [3.8, 4) is 0 Å². The lowest BCUT2D eigenvalue weighted by Gasteiger charge is -2.03. The molecule has 0 aliphatic heterocycles. The van der Waals surface area contributed by atoms with Crippen LogP contribution in [-0.2, 0) is 6.54 Å². The Bertz CT molecular complexity index is 499. The lowest BCUT2D eigenvalue weighted by Crippen LogP contribution is -1.98. The van der Waals surface area contributed by atoms with Crippen molar-refractivity contribution in [3.05, 3.63) is 36.0 Å². The maximum atomic E-state index is 11.0. The summed E-state index contributed by atoms with van der Waals surface area (Å²) in [4.78, 5) is 11.0. The smallest absolute Gasteiger partial charge is 0.336 e. The van der Waals surface area contributed by atoms with Crippen LogP contribution in [-0.4, -0.2) is 15.6 Å². The number of aromatic carboxylic acids is 1. The molecular weight excluding hydrogens is 190 g/mol. The van der Waals surface area contributed by atoms with E-state index in [1.807, 2.05) is 18.3 Å². The molecule has 2 aromatic rings. The molecule has 1 N–H and O–H groups in total. The van der Waals surface area contributed by atoms with Gasteiger partial charge in [-0.3, -0.25) is 0 Å². The standard InChI is InChI=1S/C12H13NO2/c1-2-7-13-8-6-9-10(12(14)15)4-3-5-11(9)13/h3-6,8H,2,7H2,1H3,(H,14,15). The zero-order valence-electron chi connectivity index (χ0n) is 8.60. The first-order valence-electron chi connectivity index (χ1n) is 5.05. The molecule has 1 heterocycles. The number of fused-ring (bicyclic) bond motifs is 1. The zero-order chi connectivity index (χ0) is 10.8. The van der Waals surface area contributed by atoms with Gasteiger partial charge in [0.2, 0.25) is 0 Å². The summed E-state index contributed by atoms with van der Waals surface area (Å²) < 4.78 is 2.09. The molecule has 0 aliphatic rings. The molecule has 0 aliphatic carbocycles. The largest absolute Gasteiger partial charge is 0.478 e. The van der Waals surface area contributed by atoms with Crippen LogP contribution in [0, 0.1) is 0 Å². The van der Waals surface area contributed by atoms with E-state index in [0.29, 0.717) is 5.56 Å². The number of carboxylic acid groups (broad SMARTS) is 1. The van der Waals surface area contributed by atoms with E-state index in [9.17, 15) is 4.79 Å². The van der Waals surface area contributed by atoms with E-state index >= 15 is 0 Å². The summed E-state index contributed by atoms with van der Waals surface area (Å²) in [7, 11) is 0. The molecule has 0 radical (unpaired) electrons. The number of benzene rings is 1. The van der Waals surface area contributed by atoms with Crippen LogP contribution in [0.4, 0.5) is 0 Å². The quantitative estimate of drug-likeness (QED) is 0.833. The maximum Gasteiger partial charge on any atom is 0.336 e. The van der Waals surface area contributed by atoms with Crippen LogP contribution in [0.1, 0.15) is 23.7 Å². The molecule has 0 fully saturated rings. The molecule has 3 nitrogen and oxygen atoms in total. The number of rotatable bonds is 3. The van der Waals surface area contributed by atoms with E-state index in [2.05, 4.69) is 11.5 Å². The van der Waals surface area contributed by atoms with Crippen LogP contribution in [0.15, 0.2) is 30.5 Å². The number of hydrogen-bond acceptors (Lipinski definition) is 1. The average Bonchev–Trinajstić information content (AvgIpc) is 2.62. The van der Waals surface area contributed by atoms with E-state index in [0.717, 1.165) is 23.9 Å². The Morgan fingerprint density at radius 3 is 2.87 bits per heavy atom. The molecule has 0 amide bonds. The number of aromatic nitrogens is 1. The highest BCUT2D eigenvalue weighted by Gasteiger charge is 2.09. The molecule has 0 saturated carbocycles. The molecule has 1 aromatic heterocycles. The van der Waals surface area contributed by atoms with E-state index in [1.165, 1.54) is 0 Å². The normalized spacial score (nSPS) is 10.7. The highest BCUT2D eigenvalue weighted by molar-refractivity contribution is 6.02. The number of carboxylic acids is 1. The Balaban J connectivity index is 2.63. The Kier molecular flexibility index (Phi) is 2.46. The topological polar surface area (TPSA) is 42.2 Å². The first-order chi connectivity index (χ1) is 7.24. The fraction of sp³-hybridized carbons (Fsp3) is 0.250. The summed E-state index contributed by atoms with van der Waals surface area (Å²) in [5, 5.41) is 9.83. The van der Waals surface area contributed by atoms with E-state index in [1.54, 1.807) is 12.1 Å². The van der Waals surface area contributed by atoms with Gasteiger partial charge >= 0.3 is 5.97 Å². The van der Waals surface area contributed by atoms with Crippen molar-refractivity contribution in [3.63, 3.8) is 0 Å². The summed E-state index contributed by atoms with van der Waals surface area (Å²) in [6.45, 7) is 3.03. The maximum absolute atomic E-state index is 11.0. The Morgan fingerprint density at radius 1 is 1.40 bits per heavy atom. The van der Waals surface area contributed by atoms with Gasteiger partial charge in [0, 0.05) is 23.6 Å². The van der Waals surface area contributed by atoms with Gasteiger partial charge in [0.05, 0.1) is 5.56 Å². The van der Waals surface area contributed by atoms with Crippen LogP contribution >= 0.6 is 0 Å². The third-order valence-electron chi connectivity index (χ3n) is 2.51. The van der Waals surface area contributed by atoms with E-state index in [-0.39, 0.29) is 0 Å². The molecule has 0 unspecified atom stereocenters. The van der Waals surface area contributed by atoms with Crippen molar-refractivity contribution < 1.29 is 9.90 Å². The van der Waals surface area contributed by atoms with Crippen molar-refractivity contribution in [2.24, 2.45) is 0 Å². The van der Waals surface area contributed by atoms with Gasteiger partial charge in [-0.05, 0) is 24.6 Å². The first kappa shape index (κ1) is 9.77. The Labute approximate surface area is 87.9 Å². The highest BCUT2D eigenvalue weighted by atomic mass is 16.4. The Morgan fingerprint density at radius 2 is 2.20 bits per heavy atom. The predicted molar refractivity (Wildman–Crippen MR) is 59.2 cm³/mol. The van der Waals surface area contributed by atoms with Gasteiger partial charge in [-0.25, -0.2) is 4.79 Å². The molecule has 0 spiro atoms. The SMILES string of the molecule is CCCn1ccc2c(C(=O)O)cccc21. The van der Waals surface area contributed by atoms with Crippen LogP contribution in [0.25, 0.3) is 10.9 Å². The fourth-order valence-corrected chi connectivity index (χ4v) is 1.85. The second kappa shape index (κ2) is 3.77. The van der Waals surface area contributed by atoms with E-state index in [4.69, 9.17) is 5.11 Å². The highest BCUT2D eigenvalue weighted by Crippen LogP contribution is 2.20. The third kappa shape index (κ3) is 1.61. The summed E-state index contributed by atoms with van der Waals surface area (Å²) in [6.07, 6.45) is 2.99. The number of carbonyl (C=O) groups is 1. The van der Waals surface area contributed by atoms with Gasteiger partial charge in [-0.1, -0.05) is 13.0 Å². The number of nitrogens with zero attached hydrogens (tertiary/aromatic N) is 1. The summed E-state index contributed by atoms with van der Waals surface area (Å²) >= 11 is 0. The van der Waals surface area contributed by atoms with Gasteiger partial charge in [-0.2, -0.15) is 0 Å². The minimum absolute atomic E-state index is 0.377. The number of hydrogen-bond donors (Lipinski definition) is 1. The molecule has 0 bridgehead atoms. The summed E-state index contributed by atoms with van der Waals surface area (Å²) in [6, 6.07) is 7.25. The predicted octanol–water partition coefficient (Wildman–Crippen LogP) is 2.75. The monoisotopic (exact) mass is 203 g/mol. The molecule has 3 heteroatoms. The van der Waals surface area contributed by atoms with Crippen molar-refractivity contribution >= 4 is 16.9 Å². The molecule has 1 aromatic carbocycles. The second-order valence-corrected chi connectivity index (χ2v) is 3.55. The molecule has 78 valence electrons. The molecular formula is C12H13NO2. The van der Waals surface area contributed by atoms with Gasteiger partial charge in [-0.15, -0.1) is 0 Å². The molecule has 0 atom stereocenters. The minimum atomic E-state index is -0.866. The van der Waals surface area contributed by atoms with Gasteiger partial charge in [0.15, 0.2) is 0 Å². The minimum Gasteiger partial charge on any atom is -0.478 e.